The van der Waals surface area contributed by atoms with Crippen LogP contribution >= 0.6 is 11.6 Å². The molecule has 1 aromatic carbocycles. The molecule has 9 heteroatoms. The largest absolute Gasteiger partial charge is 0.480 e. The molecule has 110 valence electrons. The number of ether oxygens (including phenoxy) is 1. The van der Waals surface area contributed by atoms with Crippen molar-refractivity contribution in [1.82, 2.24) is 4.72 Å². The van der Waals surface area contributed by atoms with E-state index in [0.29, 0.717) is 0 Å². The highest BCUT2D eigenvalue weighted by Gasteiger charge is 2.24. The number of aliphatic carboxylic acids is 1. The van der Waals surface area contributed by atoms with E-state index in [9.17, 15) is 18.0 Å². The molecule has 0 unspecified atom stereocenters. The van der Waals surface area contributed by atoms with Gasteiger partial charge in [-0.05, 0) is 25.1 Å². The van der Waals surface area contributed by atoms with Crippen LogP contribution in [0, 0.1) is 0 Å². The number of hydrogen-bond donors (Lipinski definition) is 2. The summed E-state index contributed by atoms with van der Waals surface area (Å²) in [5.41, 5.74) is 0.0859. The molecule has 20 heavy (non-hydrogen) atoms. The molecular formula is C11H12ClNO6S. The molecule has 1 aromatic rings. The number of nitrogens with one attached hydrogen (secondary N) is 1. The fourth-order valence-corrected chi connectivity index (χ4v) is 3.05. The Labute approximate surface area is 120 Å². The zero-order chi connectivity index (χ0) is 15.5. The average molecular weight is 322 g/mol. The molecule has 0 saturated carbocycles. The van der Waals surface area contributed by atoms with Crippen LogP contribution in [0.25, 0.3) is 0 Å². The Morgan fingerprint density at radius 3 is 2.45 bits per heavy atom. The van der Waals surface area contributed by atoms with Crippen LogP contribution in [0.3, 0.4) is 0 Å². The summed E-state index contributed by atoms with van der Waals surface area (Å²) < 4.78 is 30.3. The molecule has 7 nitrogen and oxygen atoms in total. The number of methoxy groups -OCH3 is 1. The molecule has 0 aliphatic carbocycles. The van der Waals surface area contributed by atoms with Gasteiger partial charge in [0.05, 0.1) is 17.7 Å². The number of sulfonamides is 1. The summed E-state index contributed by atoms with van der Waals surface area (Å²) in [5, 5.41) is 8.48. The summed E-state index contributed by atoms with van der Waals surface area (Å²) in [6.45, 7) is 1.18. The van der Waals surface area contributed by atoms with Gasteiger partial charge < -0.3 is 9.84 Å². The Hall–Kier alpha value is -1.64. The van der Waals surface area contributed by atoms with E-state index in [2.05, 4.69) is 4.74 Å². The highest BCUT2D eigenvalue weighted by Crippen LogP contribution is 2.23. The lowest BCUT2D eigenvalue weighted by atomic mass is 10.2. The molecule has 0 aliphatic rings. The van der Waals surface area contributed by atoms with Crippen molar-refractivity contribution in [1.29, 1.82) is 0 Å². The zero-order valence-electron chi connectivity index (χ0n) is 10.6. The summed E-state index contributed by atoms with van der Waals surface area (Å²) in [4.78, 5) is 21.6. The van der Waals surface area contributed by atoms with Crippen LogP contribution in [-0.2, 0) is 19.6 Å². The fraction of sp³-hybridized carbons (Fsp3) is 0.273. The van der Waals surface area contributed by atoms with Crippen molar-refractivity contribution in [2.45, 2.75) is 17.9 Å². The highest BCUT2D eigenvalue weighted by molar-refractivity contribution is 7.89. The third kappa shape index (κ3) is 3.69. The number of hydrogen-bond acceptors (Lipinski definition) is 5. The molecule has 1 rings (SSSR count). The highest BCUT2D eigenvalue weighted by atomic mass is 35.5. The molecule has 0 heterocycles. The van der Waals surface area contributed by atoms with Gasteiger partial charge in [-0.3, -0.25) is 4.79 Å². The average Bonchev–Trinajstić information content (AvgIpc) is 2.36. The Morgan fingerprint density at radius 2 is 2.00 bits per heavy atom. The van der Waals surface area contributed by atoms with Crippen molar-refractivity contribution in [3.8, 4) is 0 Å². The lowest BCUT2D eigenvalue weighted by molar-refractivity contribution is -0.138. The smallest absolute Gasteiger partial charge is 0.337 e. The van der Waals surface area contributed by atoms with Gasteiger partial charge in [0.1, 0.15) is 10.9 Å². The first-order valence-electron chi connectivity index (χ1n) is 5.32. The number of carboxylic acids is 1. The van der Waals surface area contributed by atoms with E-state index in [1.807, 2.05) is 4.72 Å². The maximum absolute atomic E-state index is 11.9. The summed E-state index contributed by atoms with van der Waals surface area (Å²) >= 11 is 5.80. The van der Waals surface area contributed by atoms with Crippen LogP contribution in [0.5, 0.6) is 0 Å². The lowest BCUT2D eigenvalue weighted by Gasteiger charge is -2.11. The van der Waals surface area contributed by atoms with Crippen LogP contribution < -0.4 is 4.72 Å². The van der Waals surface area contributed by atoms with Crippen molar-refractivity contribution in [3.05, 3.63) is 28.8 Å². The molecule has 0 aromatic heterocycles. The summed E-state index contributed by atoms with van der Waals surface area (Å²) in [6.07, 6.45) is 0. The molecule has 0 amide bonds. The third-order valence-electron chi connectivity index (χ3n) is 2.34. The minimum atomic E-state index is -4.10. The second kappa shape index (κ2) is 6.21. The Bertz CT molecular complexity index is 642. The molecule has 0 bridgehead atoms. The van der Waals surface area contributed by atoms with Crippen molar-refractivity contribution >= 4 is 33.6 Å². The molecule has 0 spiro atoms. The topological polar surface area (TPSA) is 110 Å². The van der Waals surface area contributed by atoms with Crippen LogP contribution in [0.15, 0.2) is 23.1 Å². The minimum Gasteiger partial charge on any atom is -0.480 e. The quantitative estimate of drug-likeness (QED) is 0.779. The van der Waals surface area contributed by atoms with E-state index in [4.69, 9.17) is 16.7 Å². The van der Waals surface area contributed by atoms with E-state index in [0.717, 1.165) is 12.1 Å². The van der Waals surface area contributed by atoms with Gasteiger partial charge in [-0.1, -0.05) is 11.6 Å². The van der Waals surface area contributed by atoms with Gasteiger partial charge in [0.2, 0.25) is 10.0 Å². The Morgan fingerprint density at radius 1 is 1.40 bits per heavy atom. The van der Waals surface area contributed by atoms with Gasteiger partial charge in [-0.15, -0.1) is 0 Å². The van der Waals surface area contributed by atoms with E-state index in [-0.39, 0.29) is 15.5 Å². The Kier molecular flexibility index (Phi) is 5.09. The molecular weight excluding hydrogens is 310 g/mol. The monoisotopic (exact) mass is 321 g/mol. The van der Waals surface area contributed by atoms with Crippen LogP contribution in [0.4, 0.5) is 0 Å². The number of esters is 1. The molecule has 0 fully saturated rings. The van der Waals surface area contributed by atoms with Gasteiger partial charge in [0, 0.05) is 0 Å². The van der Waals surface area contributed by atoms with Crippen molar-refractivity contribution < 1.29 is 27.9 Å². The van der Waals surface area contributed by atoms with Gasteiger partial charge in [0.15, 0.2) is 0 Å². The number of halogens is 1. The normalized spacial score (nSPS) is 12.8. The molecule has 1 atom stereocenters. The molecule has 0 saturated heterocycles. The van der Waals surface area contributed by atoms with Crippen molar-refractivity contribution in [2.24, 2.45) is 0 Å². The molecule has 2 N–H and O–H groups in total. The zero-order valence-corrected chi connectivity index (χ0v) is 12.2. The predicted octanol–water partition coefficient (Wildman–Crippen LogP) is 0.878. The van der Waals surface area contributed by atoms with Gasteiger partial charge in [-0.25, -0.2) is 13.2 Å². The van der Waals surface area contributed by atoms with E-state index >= 15 is 0 Å². The third-order valence-corrected chi connectivity index (χ3v) is 4.37. The number of carbonyl (C=O) groups is 2. The molecule has 0 radical (unpaired) electrons. The second-order valence-electron chi connectivity index (χ2n) is 3.82. The van der Waals surface area contributed by atoms with E-state index in [1.165, 1.54) is 20.1 Å². The second-order valence-corrected chi connectivity index (χ2v) is 5.91. The standard InChI is InChI=1S/C11H12ClNO6S/c1-6(10(14)15)13-20(17,18)9-4-3-7(5-8(9)12)11(16)19-2/h3-6,13H,1-2H3,(H,14,15)/t6-/m0/s1. The lowest BCUT2D eigenvalue weighted by Crippen LogP contribution is -2.38. The van der Waals surface area contributed by atoms with Crippen molar-refractivity contribution in [3.63, 3.8) is 0 Å². The summed E-state index contributed by atoms with van der Waals surface area (Å²) in [5.74, 6) is -1.99. The van der Waals surface area contributed by atoms with Crippen molar-refractivity contribution in [2.75, 3.05) is 7.11 Å². The number of carbonyl (C=O) groups excluding carboxylic acids is 1. The number of rotatable bonds is 5. The number of carboxylic acid groups (broad SMARTS) is 1. The Balaban J connectivity index is 3.14. The SMILES string of the molecule is COC(=O)c1ccc(S(=O)(=O)N[C@@H](C)C(=O)O)c(Cl)c1. The maximum Gasteiger partial charge on any atom is 0.337 e. The predicted molar refractivity (Wildman–Crippen MR) is 70.2 cm³/mol. The summed E-state index contributed by atoms with van der Waals surface area (Å²) in [7, 11) is -2.92. The minimum absolute atomic E-state index is 0.0859. The maximum atomic E-state index is 11.9. The summed E-state index contributed by atoms with van der Waals surface area (Å²) in [6, 6.07) is 2.15. The van der Waals surface area contributed by atoms with E-state index < -0.39 is 28.0 Å². The van der Waals surface area contributed by atoms with Gasteiger partial charge in [0.25, 0.3) is 0 Å². The van der Waals surface area contributed by atoms with Gasteiger partial charge in [-0.2, -0.15) is 4.72 Å². The molecule has 0 aliphatic heterocycles. The fourth-order valence-electron chi connectivity index (χ4n) is 1.31. The first kappa shape index (κ1) is 16.4. The number of benzene rings is 1. The van der Waals surface area contributed by atoms with Crippen LogP contribution in [0.1, 0.15) is 17.3 Å². The van der Waals surface area contributed by atoms with E-state index in [1.54, 1.807) is 0 Å². The van der Waals surface area contributed by atoms with Crippen LogP contribution in [0.2, 0.25) is 5.02 Å². The first-order valence-corrected chi connectivity index (χ1v) is 7.18. The van der Waals surface area contributed by atoms with Crippen LogP contribution in [-0.4, -0.2) is 38.6 Å². The van der Waals surface area contributed by atoms with Gasteiger partial charge >= 0.3 is 11.9 Å². The first-order chi connectivity index (χ1) is 9.19.